The Balaban J connectivity index is 1.49. The summed E-state index contributed by atoms with van der Waals surface area (Å²) in [6, 6.07) is 14.9. The monoisotopic (exact) mass is 686 g/mol. The highest BCUT2D eigenvalue weighted by atomic mass is 35.5. The van der Waals surface area contributed by atoms with Gasteiger partial charge in [0.1, 0.15) is 10.6 Å². The molecule has 248 valence electrons. The molecule has 0 radical (unpaired) electrons. The third kappa shape index (κ3) is 11.1. The van der Waals surface area contributed by atoms with Crippen molar-refractivity contribution < 1.29 is 19.1 Å². The molecule has 2 N–H and O–H groups in total. The summed E-state index contributed by atoms with van der Waals surface area (Å²) in [5.74, 6) is 0.419. The van der Waals surface area contributed by atoms with E-state index in [0.717, 1.165) is 41.4 Å². The molecule has 0 spiro atoms. The number of hydrogen-bond acceptors (Lipinski definition) is 8. The van der Waals surface area contributed by atoms with Gasteiger partial charge < -0.3 is 24.6 Å². The van der Waals surface area contributed by atoms with E-state index in [4.69, 9.17) is 32.7 Å². The molecule has 1 aliphatic heterocycles. The van der Waals surface area contributed by atoms with E-state index >= 15 is 0 Å². The van der Waals surface area contributed by atoms with Crippen molar-refractivity contribution in [1.29, 1.82) is 0 Å². The van der Waals surface area contributed by atoms with Gasteiger partial charge in [-0.15, -0.1) is 0 Å². The van der Waals surface area contributed by atoms with Crippen LogP contribution in [0.5, 0.6) is 0 Å². The first-order valence-corrected chi connectivity index (χ1v) is 20.0. The van der Waals surface area contributed by atoms with Crippen molar-refractivity contribution in [2.75, 3.05) is 48.3 Å². The maximum atomic E-state index is 12.7. The van der Waals surface area contributed by atoms with Crippen molar-refractivity contribution in [2.24, 2.45) is 0 Å². The lowest BCUT2D eigenvalue weighted by Gasteiger charge is -2.36. The highest BCUT2D eigenvalue weighted by Crippen LogP contribution is 2.30. The number of aromatic nitrogens is 2. The van der Waals surface area contributed by atoms with Gasteiger partial charge in [-0.25, -0.2) is 14.6 Å². The van der Waals surface area contributed by atoms with Gasteiger partial charge in [0.2, 0.25) is 5.28 Å². The molecule has 10 nitrogen and oxygen atoms in total. The molecule has 1 aromatic heterocycles. The van der Waals surface area contributed by atoms with Crippen molar-refractivity contribution in [3.05, 3.63) is 70.1 Å². The molecule has 0 bridgehead atoms. The maximum Gasteiger partial charge on any atom is 0.412 e. The highest BCUT2D eigenvalue weighted by Gasteiger charge is 2.25. The molecule has 1 saturated heterocycles. The van der Waals surface area contributed by atoms with E-state index in [0.29, 0.717) is 49.3 Å². The third-order valence-electron chi connectivity index (χ3n) is 7.27. The lowest BCUT2D eigenvalue weighted by Crippen LogP contribution is -2.49. The van der Waals surface area contributed by atoms with Crippen molar-refractivity contribution in [1.82, 2.24) is 14.9 Å². The molecule has 1 aliphatic rings. The number of anilines is 4. The molecular formula is C33H44Cl2N6O4Si. The van der Waals surface area contributed by atoms with Crippen molar-refractivity contribution in [2.45, 2.75) is 64.9 Å². The van der Waals surface area contributed by atoms with Gasteiger partial charge in [0.05, 0.1) is 12.8 Å². The number of carbonyl (C=O) groups is 2. The second-order valence-corrected chi connectivity index (χ2v) is 19.9. The molecule has 0 atom stereocenters. The number of aryl methyl sites for hydroxylation is 2. The van der Waals surface area contributed by atoms with Gasteiger partial charge in [-0.1, -0.05) is 43.4 Å². The number of hydrogen-bond donors (Lipinski definition) is 2. The Hall–Kier alpha value is -3.54. The fourth-order valence-electron chi connectivity index (χ4n) is 4.91. The van der Waals surface area contributed by atoms with Crippen LogP contribution < -0.4 is 15.5 Å². The van der Waals surface area contributed by atoms with E-state index in [-0.39, 0.29) is 11.4 Å². The largest absolute Gasteiger partial charge is 0.450 e. The number of halogens is 2. The maximum absolute atomic E-state index is 12.7. The SMILES string of the molecule is CC(C)(C)OC(=O)Nc1cccc(CCc2cc(Nc3nc(Cl)ncc3Cl)ccc2N2CCN(C(=O)OCC[Si](C)(C)C)CC2)c1. The predicted molar refractivity (Wildman–Crippen MR) is 189 cm³/mol. The quantitative estimate of drug-likeness (QED) is 0.162. The molecule has 2 aromatic carbocycles. The normalized spacial score (nSPS) is 13.7. The molecular weight excluding hydrogens is 643 g/mol. The van der Waals surface area contributed by atoms with Gasteiger partial charge in [0.15, 0.2) is 5.82 Å². The first-order chi connectivity index (χ1) is 21.6. The number of nitrogens with zero attached hydrogens (tertiary/aromatic N) is 4. The van der Waals surface area contributed by atoms with Gasteiger partial charge in [-0.2, -0.15) is 4.98 Å². The van der Waals surface area contributed by atoms with E-state index in [1.54, 1.807) is 4.90 Å². The number of nitrogens with one attached hydrogen (secondary N) is 2. The minimum Gasteiger partial charge on any atom is -0.450 e. The molecule has 1 fully saturated rings. The summed E-state index contributed by atoms with van der Waals surface area (Å²) in [5.41, 5.74) is 4.16. The van der Waals surface area contributed by atoms with Crippen LogP contribution in [-0.4, -0.2) is 73.5 Å². The van der Waals surface area contributed by atoms with Crippen LogP contribution in [-0.2, 0) is 22.3 Å². The molecule has 4 rings (SSSR count). The summed E-state index contributed by atoms with van der Waals surface area (Å²) in [6.45, 7) is 15.3. The van der Waals surface area contributed by atoms with Crippen LogP contribution in [0.4, 0.5) is 32.5 Å². The minimum atomic E-state index is -1.28. The summed E-state index contributed by atoms with van der Waals surface area (Å²) >= 11 is 12.3. The predicted octanol–water partition coefficient (Wildman–Crippen LogP) is 8.26. The van der Waals surface area contributed by atoms with Crippen LogP contribution in [0.1, 0.15) is 31.9 Å². The van der Waals surface area contributed by atoms with Gasteiger partial charge in [-0.05, 0) is 92.7 Å². The summed E-state index contributed by atoms with van der Waals surface area (Å²) in [4.78, 5) is 37.3. The number of rotatable bonds is 10. The second kappa shape index (κ2) is 15.4. The van der Waals surface area contributed by atoms with E-state index in [2.05, 4.69) is 57.3 Å². The average molecular weight is 688 g/mol. The highest BCUT2D eigenvalue weighted by molar-refractivity contribution is 6.76. The van der Waals surface area contributed by atoms with Crippen molar-refractivity contribution in [3.8, 4) is 0 Å². The topological polar surface area (TPSA) is 109 Å². The molecule has 0 saturated carbocycles. The summed E-state index contributed by atoms with van der Waals surface area (Å²) in [5, 5.41) is 6.55. The second-order valence-electron chi connectivity index (χ2n) is 13.5. The third-order valence-corrected chi connectivity index (χ3v) is 9.43. The fourth-order valence-corrected chi connectivity index (χ4v) is 5.90. The molecule has 13 heteroatoms. The molecule has 2 amide bonds. The van der Waals surface area contributed by atoms with Crippen molar-refractivity contribution >= 4 is 66.3 Å². The number of benzene rings is 2. The molecule has 2 heterocycles. The van der Waals surface area contributed by atoms with Gasteiger partial charge in [0.25, 0.3) is 0 Å². The molecule has 0 unspecified atom stereocenters. The summed E-state index contributed by atoms with van der Waals surface area (Å²) in [6.07, 6.45) is 2.18. The van der Waals surface area contributed by atoms with E-state index in [1.165, 1.54) is 6.20 Å². The standard InChI is InChI=1S/C33H44Cl2N6O4Si/c1-33(2,3)45-31(42)38-25-9-7-8-23(20-25)10-11-24-21-26(37-29-27(34)22-36-30(35)39-29)12-13-28(24)40-14-16-41(17-15-40)32(43)44-18-19-46(4,5)6/h7-9,12-13,20-22H,10-11,14-19H2,1-6H3,(H,38,42)(H,36,37,39). The fraction of sp³-hybridized carbons (Fsp3) is 0.455. The van der Waals surface area contributed by atoms with E-state index < -0.39 is 19.8 Å². The van der Waals surface area contributed by atoms with Crippen molar-refractivity contribution in [3.63, 3.8) is 0 Å². The van der Waals surface area contributed by atoms with Gasteiger partial charge in [-0.3, -0.25) is 5.32 Å². The Labute approximate surface area is 282 Å². The Bertz CT molecular complexity index is 1520. The number of piperazine rings is 1. The van der Waals surface area contributed by atoms with E-state index in [1.807, 2.05) is 51.1 Å². The average Bonchev–Trinajstić information content (AvgIpc) is 2.97. The van der Waals surface area contributed by atoms with Crippen LogP contribution in [0, 0.1) is 0 Å². The lowest BCUT2D eigenvalue weighted by molar-refractivity contribution is 0.0635. The van der Waals surface area contributed by atoms with Crippen LogP contribution in [0.3, 0.4) is 0 Å². The van der Waals surface area contributed by atoms with Crippen LogP contribution in [0.15, 0.2) is 48.7 Å². The number of carbonyl (C=O) groups excluding carboxylic acids is 2. The van der Waals surface area contributed by atoms with E-state index in [9.17, 15) is 9.59 Å². The first kappa shape index (κ1) is 35.3. The summed E-state index contributed by atoms with van der Waals surface area (Å²) < 4.78 is 11.0. The Morgan fingerprint density at radius 3 is 2.41 bits per heavy atom. The van der Waals surface area contributed by atoms with Gasteiger partial charge in [0, 0.05) is 51.3 Å². The zero-order valence-corrected chi connectivity index (χ0v) is 30.0. The number of amides is 2. The Morgan fingerprint density at radius 2 is 1.72 bits per heavy atom. The first-order valence-electron chi connectivity index (χ1n) is 15.5. The molecule has 3 aromatic rings. The van der Waals surface area contributed by atoms with Crippen LogP contribution >= 0.6 is 23.2 Å². The summed E-state index contributed by atoms with van der Waals surface area (Å²) in [7, 11) is -1.28. The smallest absolute Gasteiger partial charge is 0.412 e. The van der Waals surface area contributed by atoms with Gasteiger partial charge >= 0.3 is 12.2 Å². The lowest BCUT2D eigenvalue weighted by atomic mass is 10.0. The zero-order chi connectivity index (χ0) is 33.5. The molecule has 0 aliphatic carbocycles. The van der Waals surface area contributed by atoms with Crippen LogP contribution in [0.2, 0.25) is 36.0 Å². The van der Waals surface area contributed by atoms with Crippen LogP contribution in [0.25, 0.3) is 0 Å². The minimum absolute atomic E-state index is 0.0977. The number of ether oxygens (including phenoxy) is 2. The Kier molecular flexibility index (Phi) is 11.8. The Morgan fingerprint density at radius 1 is 0.978 bits per heavy atom. The molecule has 46 heavy (non-hydrogen) atoms. The zero-order valence-electron chi connectivity index (χ0n) is 27.5.